The van der Waals surface area contributed by atoms with Gasteiger partial charge in [-0.1, -0.05) is 23.9 Å². The Morgan fingerprint density at radius 3 is 2.72 bits per heavy atom. The lowest BCUT2D eigenvalue weighted by molar-refractivity contribution is -0.120. The van der Waals surface area contributed by atoms with Crippen molar-refractivity contribution in [3.05, 3.63) is 53.1 Å². The second kappa shape index (κ2) is 7.18. The summed E-state index contributed by atoms with van der Waals surface area (Å²) in [4.78, 5) is 20.9. The molecule has 2 heterocycles. The molecule has 130 valence electrons. The maximum atomic E-state index is 12.9. The third kappa shape index (κ3) is 4.14. The normalized spacial score (nSPS) is 12.3. The molecule has 1 aromatic carbocycles. The van der Waals surface area contributed by atoms with Gasteiger partial charge in [-0.15, -0.1) is 5.10 Å². The van der Waals surface area contributed by atoms with Gasteiger partial charge in [-0.3, -0.25) is 4.79 Å². The number of halogens is 1. The Bertz CT molecular complexity index is 909. The van der Waals surface area contributed by atoms with Gasteiger partial charge >= 0.3 is 0 Å². The number of hydrogen-bond acceptors (Lipinski definition) is 5. The van der Waals surface area contributed by atoms with Gasteiger partial charge in [0.1, 0.15) is 5.82 Å². The van der Waals surface area contributed by atoms with Gasteiger partial charge in [0.2, 0.25) is 11.1 Å². The van der Waals surface area contributed by atoms with Crippen LogP contribution in [0.4, 0.5) is 4.39 Å². The number of aromatic nitrogens is 4. The highest BCUT2D eigenvalue weighted by Gasteiger charge is 2.18. The van der Waals surface area contributed by atoms with E-state index in [0.29, 0.717) is 17.5 Å². The Labute approximate surface area is 148 Å². The molecule has 25 heavy (non-hydrogen) atoms. The molecule has 1 atom stereocenters. The number of thioether (sulfide) groups is 1. The topological polar surface area (TPSA) is 72.2 Å². The highest BCUT2D eigenvalue weighted by molar-refractivity contribution is 8.00. The van der Waals surface area contributed by atoms with Crippen LogP contribution in [0.3, 0.4) is 0 Å². The molecule has 3 aromatic rings. The fourth-order valence-corrected chi connectivity index (χ4v) is 3.11. The highest BCUT2D eigenvalue weighted by atomic mass is 32.2. The number of carbonyl (C=O) groups excluding carboxylic acids is 1. The van der Waals surface area contributed by atoms with E-state index in [1.165, 1.54) is 23.9 Å². The molecule has 1 unspecified atom stereocenters. The number of hydrogen-bond donors (Lipinski definition) is 1. The van der Waals surface area contributed by atoms with Crippen LogP contribution < -0.4 is 5.32 Å². The molecule has 2 aromatic heterocycles. The summed E-state index contributed by atoms with van der Waals surface area (Å²) in [5, 5.41) is 7.36. The first-order valence-corrected chi connectivity index (χ1v) is 8.70. The minimum absolute atomic E-state index is 0.131. The summed E-state index contributed by atoms with van der Waals surface area (Å²) in [7, 11) is 0. The van der Waals surface area contributed by atoms with E-state index < -0.39 is 0 Å². The predicted molar refractivity (Wildman–Crippen MR) is 93.8 cm³/mol. The van der Waals surface area contributed by atoms with E-state index in [1.54, 1.807) is 23.6 Å². The van der Waals surface area contributed by atoms with Crippen LogP contribution >= 0.6 is 11.8 Å². The van der Waals surface area contributed by atoms with Crippen molar-refractivity contribution in [3.63, 3.8) is 0 Å². The number of aryl methyl sites for hydroxylation is 2. The van der Waals surface area contributed by atoms with E-state index in [9.17, 15) is 9.18 Å². The molecular formula is C17H18FN5OS. The molecule has 8 heteroatoms. The minimum Gasteiger partial charge on any atom is -0.351 e. The van der Waals surface area contributed by atoms with E-state index in [4.69, 9.17) is 0 Å². The lowest BCUT2D eigenvalue weighted by Crippen LogP contribution is -2.30. The molecule has 0 aliphatic heterocycles. The molecule has 1 N–H and O–H groups in total. The monoisotopic (exact) mass is 359 g/mol. The van der Waals surface area contributed by atoms with Crippen molar-refractivity contribution in [1.82, 2.24) is 24.9 Å². The van der Waals surface area contributed by atoms with Crippen LogP contribution in [0.1, 0.15) is 23.9 Å². The van der Waals surface area contributed by atoms with Crippen LogP contribution in [0, 0.1) is 19.7 Å². The average Bonchev–Trinajstić information content (AvgIpc) is 2.96. The number of carbonyl (C=O) groups is 1. The van der Waals surface area contributed by atoms with Crippen LogP contribution in [-0.2, 0) is 11.3 Å². The fraction of sp³-hybridized carbons (Fsp3) is 0.294. The van der Waals surface area contributed by atoms with Crippen LogP contribution in [0.15, 0.2) is 35.5 Å². The Morgan fingerprint density at radius 1 is 1.28 bits per heavy atom. The van der Waals surface area contributed by atoms with Gasteiger partial charge in [0, 0.05) is 17.9 Å². The molecule has 0 fully saturated rings. The molecule has 3 rings (SSSR count). The first kappa shape index (κ1) is 17.3. The molecular weight excluding hydrogens is 341 g/mol. The van der Waals surface area contributed by atoms with Crippen molar-refractivity contribution in [2.45, 2.75) is 37.7 Å². The summed E-state index contributed by atoms with van der Waals surface area (Å²) in [6.45, 7) is 5.98. The van der Waals surface area contributed by atoms with Crippen molar-refractivity contribution < 1.29 is 9.18 Å². The van der Waals surface area contributed by atoms with Gasteiger partial charge in [-0.05, 0) is 44.5 Å². The zero-order valence-electron chi connectivity index (χ0n) is 14.2. The number of nitrogens with one attached hydrogen (secondary N) is 1. The molecule has 0 saturated carbocycles. The molecule has 0 aliphatic rings. The zero-order chi connectivity index (χ0) is 18.0. The van der Waals surface area contributed by atoms with E-state index >= 15 is 0 Å². The molecule has 1 amide bonds. The SMILES string of the molecule is Cc1cc(C)n2nc(SC(C)C(=O)NCc3ccc(F)cc3)nc2n1. The first-order valence-electron chi connectivity index (χ1n) is 7.82. The Morgan fingerprint density at radius 2 is 2.00 bits per heavy atom. The molecule has 0 saturated heterocycles. The third-order valence-corrected chi connectivity index (χ3v) is 4.58. The Hall–Kier alpha value is -2.48. The number of benzene rings is 1. The van der Waals surface area contributed by atoms with Crippen molar-refractivity contribution >= 4 is 23.4 Å². The van der Waals surface area contributed by atoms with Crippen molar-refractivity contribution in [3.8, 4) is 0 Å². The first-order chi connectivity index (χ1) is 11.9. The third-order valence-electron chi connectivity index (χ3n) is 3.63. The van der Waals surface area contributed by atoms with Gasteiger partial charge in [0.25, 0.3) is 5.78 Å². The standard InChI is InChI=1S/C17H18FN5OS/c1-10-8-11(2)23-16(20-10)21-17(22-23)25-12(3)15(24)19-9-13-4-6-14(18)7-5-13/h4-8,12H,9H2,1-3H3,(H,19,24). The van der Waals surface area contributed by atoms with Crippen molar-refractivity contribution in [2.24, 2.45) is 0 Å². The van der Waals surface area contributed by atoms with E-state index in [-0.39, 0.29) is 17.0 Å². The van der Waals surface area contributed by atoms with Crippen molar-refractivity contribution in [1.29, 1.82) is 0 Å². The second-order valence-corrected chi connectivity index (χ2v) is 7.06. The summed E-state index contributed by atoms with van der Waals surface area (Å²) in [6, 6.07) is 7.96. The Balaban J connectivity index is 1.63. The molecule has 0 radical (unpaired) electrons. The number of rotatable bonds is 5. The van der Waals surface area contributed by atoms with Gasteiger partial charge < -0.3 is 5.32 Å². The van der Waals surface area contributed by atoms with Crippen molar-refractivity contribution in [2.75, 3.05) is 0 Å². The zero-order valence-corrected chi connectivity index (χ0v) is 15.0. The number of amides is 1. The van der Waals surface area contributed by atoms with Gasteiger partial charge in [0.15, 0.2) is 0 Å². The van der Waals surface area contributed by atoms with Crippen LogP contribution in [0.25, 0.3) is 5.78 Å². The largest absolute Gasteiger partial charge is 0.351 e. The molecule has 6 nitrogen and oxygen atoms in total. The van der Waals surface area contributed by atoms with Crippen LogP contribution in [-0.4, -0.2) is 30.7 Å². The van der Waals surface area contributed by atoms with Gasteiger partial charge in [-0.2, -0.15) is 4.98 Å². The Kier molecular flexibility index (Phi) is 4.98. The van der Waals surface area contributed by atoms with Gasteiger partial charge in [0.05, 0.1) is 5.25 Å². The number of fused-ring (bicyclic) bond motifs is 1. The van der Waals surface area contributed by atoms with Gasteiger partial charge in [-0.25, -0.2) is 13.9 Å². The molecule has 0 spiro atoms. The average molecular weight is 359 g/mol. The molecule has 0 aliphatic carbocycles. The fourth-order valence-electron chi connectivity index (χ4n) is 2.34. The van der Waals surface area contributed by atoms with E-state index in [1.807, 2.05) is 19.9 Å². The summed E-state index contributed by atoms with van der Waals surface area (Å²) < 4.78 is 14.6. The maximum Gasteiger partial charge on any atom is 0.253 e. The predicted octanol–water partition coefficient (Wildman–Crippen LogP) is 2.68. The summed E-state index contributed by atoms with van der Waals surface area (Å²) in [5.41, 5.74) is 2.66. The summed E-state index contributed by atoms with van der Waals surface area (Å²) >= 11 is 1.27. The second-order valence-electron chi connectivity index (χ2n) is 5.75. The van der Waals surface area contributed by atoms with Crippen LogP contribution in [0.2, 0.25) is 0 Å². The quantitative estimate of drug-likeness (QED) is 0.709. The number of nitrogens with zero attached hydrogens (tertiary/aromatic N) is 4. The smallest absolute Gasteiger partial charge is 0.253 e. The lowest BCUT2D eigenvalue weighted by Gasteiger charge is -2.10. The van der Waals surface area contributed by atoms with E-state index in [0.717, 1.165) is 17.0 Å². The van der Waals surface area contributed by atoms with Crippen LogP contribution in [0.5, 0.6) is 0 Å². The lowest BCUT2D eigenvalue weighted by atomic mass is 10.2. The summed E-state index contributed by atoms with van der Waals surface area (Å²) in [5.74, 6) is 0.101. The molecule has 0 bridgehead atoms. The van der Waals surface area contributed by atoms with E-state index in [2.05, 4.69) is 20.4 Å². The summed E-state index contributed by atoms with van der Waals surface area (Å²) in [6.07, 6.45) is 0. The maximum absolute atomic E-state index is 12.9. The highest BCUT2D eigenvalue weighted by Crippen LogP contribution is 2.20. The minimum atomic E-state index is -0.362.